The van der Waals surface area contributed by atoms with Crippen molar-refractivity contribution in [3.63, 3.8) is 0 Å². The molecule has 3 aromatic carbocycles. The first-order valence-corrected chi connectivity index (χ1v) is 13.0. The van der Waals surface area contributed by atoms with Crippen LogP contribution < -0.4 is 31.0 Å². The number of ether oxygens (including phenoxy) is 2. The van der Waals surface area contributed by atoms with Gasteiger partial charge in [-0.3, -0.25) is 9.59 Å². The van der Waals surface area contributed by atoms with E-state index in [1.807, 2.05) is 36.4 Å². The highest BCUT2D eigenvalue weighted by Crippen LogP contribution is 2.37. The SMILES string of the molecule is COc1cc(C2NC(=O)NC(C)=C2C(=O)NCc2ccccc2)ccc1Oc1cnn(-c2ccccc2)c(=O)c1Cl. The Kier molecular flexibility index (Phi) is 8.02. The maximum atomic E-state index is 13.3. The van der Waals surface area contributed by atoms with Crippen LogP contribution in [0.2, 0.25) is 5.02 Å². The quantitative estimate of drug-likeness (QED) is 0.283. The van der Waals surface area contributed by atoms with Gasteiger partial charge < -0.3 is 25.4 Å². The Balaban J connectivity index is 1.41. The molecule has 0 bridgehead atoms. The van der Waals surface area contributed by atoms with E-state index < -0.39 is 17.6 Å². The number of aromatic nitrogens is 2. The van der Waals surface area contributed by atoms with Crippen LogP contribution >= 0.6 is 11.6 Å². The van der Waals surface area contributed by atoms with Crippen molar-refractivity contribution in [2.45, 2.75) is 19.5 Å². The van der Waals surface area contributed by atoms with Crippen molar-refractivity contribution in [1.29, 1.82) is 0 Å². The van der Waals surface area contributed by atoms with E-state index in [9.17, 15) is 14.4 Å². The highest BCUT2D eigenvalue weighted by atomic mass is 35.5. The van der Waals surface area contributed by atoms with Gasteiger partial charge in [-0.1, -0.05) is 66.2 Å². The number of nitrogens with zero attached hydrogens (tertiary/aromatic N) is 2. The van der Waals surface area contributed by atoms with Crippen molar-refractivity contribution in [1.82, 2.24) is 25.7 Å². The highest BCUT2D eigenvalue weighted by Gasteiger charge is 2.32. The Hall–Kier alpha value is -5.09. The summed E-state index contributed by atoms with van der Waals surface area (Å²) in [4.78, 5) is 38.5. The number of nitrogens with one attached hydrogen (secondary N) is 3. The van der Waals surface area contributed by atoms with Gasteiger partial charge in [0.15, 0.2) is 22.3 Å². The first-order chi connectivity index (χ1) is 19.9. The molecule has 1 unspecified atom stereocenters. The Morgan fingerprint density at radius 2 is 1.71 bits per heavy atom. The fourth-order valence-corrected chi connectivity index (χ4v) is 4.59. The van der Waals surface area contributed by atoms with E-state index >= 15 is 0 Å². The molecule has 1 atom stereocenters. The molecule has 0 saturated heterocycles. The average Bonchev–Trinajstić information content (AvgIpc) is 2.99. The molecular formula is C30H26ClN5O5. The lowest BCUT2D eigenvalue weighted by Crippen LogP contribution is -2.46. The van der Waals surface area contributed by atoms with Crippen LogP contribution in [0.15, 0.2) is 101 Å². The number of rotatable bonds is 8. The Morgan fingerprint density at radius 3 is 2.41 bits per heavy atom. The molecule has 2 heterocycles. The molecule has 0 fully saturated rings. The van der Waals surface area contributed by atoms with Crippen molar-refractivity contribution in [3.05, 3.63) is 123 Å². The van der Waals surface area contributed by atoms with Gasteiger partial charge in [0.1, 0.15) is 0 Å². The predicted octanol–water partition coefficient (Wildman–Crippen LogP) is 4.63. The molecule has 0 saturated carbocycles. The maximum absolute atomic E-state index is 13.3. The number of urea groups is 1. The fourth-order valence-electron chi connectivity index (χ4n) is 4.43. The average molecular weight is 572 g/mol. The van der Waals surface area contributed by atoms with Crippen LogP contribution in [0.3, 0.4) is 0 Å². The summed E-state index contributed by atoms with van der Waals surface area (Å²) in [5.41, 5.74) is 2.32. The number of para-hydroxylation sites is 1. The summed E-state index contributed by atoms with van der Waals surface area (Å²) in [6, 6.07) is 22.1. The van der Waals surface area contributed by atoms with Crippen LogP contribution in [0.25, 0.3) is 5.69 Å². The third-order valence-corrected chi connectivity index (χ3v) is 6.79. The van der Waals surface area contributed by atoms with Crippen LogP contribution in [0, 0.1) is 0 Å². The number of halogens is 1. The monoisotopic (exact) mass is 571 g/mol. The Labute approximate surface area is 240 Å². The number of carbonyl (C=O) groups excluding carboxylic acids is 2. The van der Waals surface area contributed by atoms with E-state index in [-0.39, 0.29) is 22.4 Å². The summed E-state index contributed by atoms with van der Waals surface area (Å²) in [7, 11) is 1.45. The van der Waals surface area contributed by atoms with E-state index in [0.717, 1.165) is 5.56 Å². The van der Waals surface area contributed by atoms with Gasteiger partial charge in [0.05, 0.1) is 30.6 Å². The summed E-state index contributed by atoms with van der Waals surface area (Å²) >= 11 is 6.36. The minimum absolute atomic E-state index is 0.0433. The summed E-state index contributed by atoms with van der Waals surface area (Å²) in [5.74, 6) is 0.259. The lowest BCUT2D eigenvalue weighted by Gasteiger charge is -2.29. The number of carbonyl (C=O) groups is 2. The molecule has 208 valence electrons. The van der Waals surface area contributed by atoms with Gasteiger partial charge in [-0.2, -0.15) is 9.78 Å². The van der Waals surface area contributed by atoms with Crippen LogP contribution in [-0.4, -0.2) is 28.8 Å². The summed E-state index contributed by atoms with van der Waals surface area (Å²) in [5, 5.41) is 12.4. The molecule has 0 aliphatic carbocycles. The van der Waals surface area contributed by atoms with Crippen molar-refractivity contribution in [3.8, 4) is 22.9 Å². The second kappa shape index (κ2) is 12.0. The molecular weight excluding hydrogens is 546 g/mol. The minimum atomic E-state index is -0.762. The molecule has 3 N–H and O–H groups in total. The zero-order chi connectivity index (χ0) is 28.9. The second-order valence-electron chi connectivity index (χ2n) is 9.13. The highest BCUT2D eigenvalue weighted by molar-refractivity contribution is 6.31. The molecule has 4 aromatic rings. The fraction of sp³-hybridized carbons (Fsp3) is 0.133. The molecule has 1 aromatic heterocycles. The third kappa shape index (κ3) is 5.92. The number of benzene rings is 3. The van der Waals surface area contributed by atoms with Gasteiger partial charge in [-0.15, -0.1) is 0 Å². The number of amides is 3. The van der Waals surface area contributed by atoms with Gasteiger partial charge in [-0.25, -0.2) is 4.79 Å². The third-order valence-electron chi connectivity index (χ3n) is 6.44. The largest absolute Gasteiger partial charge is 0.493 e. The first-order valence-electron chi connectivity index (χ1n) is 12.6. The number of methoxy groups -OCH3 is 1. The molecule has 0 spiro atoms. The molecule has 1 aliphatic rings. The van der Waals surface area contributed by atoms with E-state index in [4.69, 9.17) is 21.1 Å². The lowest BCUT2D eigenvalue weighted by molar-refractivity contribution is -0.118. The topological polar surface area (TPSA) is 124 Å². The van der Waals surface area contributed by atoms with Gasteiger partial charge in [0.2, 0.25) is 0 Å². The lowest BCUT2D eigenvalue weighted by atomic mass is 9.94. The molecule has 41 heavy (non-hydrogen) atoms. The molecule has 1 aliphatic heterocycles. The van der Waals surface area contributed by atoms with Crippen LogP contribution in [-0.2, 0) is 11.3 Å². The van der Waals surface area contributed by atoms with Crippen molar-refractivity contribution >= 4 is 23.5 Å². The molecule has 11 heteroatoms. The minimum Gasteiger partial charge on any atom is -0.493 e. The number of hydrogen-bond donors (Lipinski definition) is 3. The number of hydrogen-bond acceptors (Lipinski definition) is 6. The number of allylic oxidation sites excluding steroid dienone is 1. The molecule has 3 amide bonds. The van der Waals surface area contributed by atoms with E-state index in [1.165, 1.54) is 18.0 Å². The van der Waals surface area contributed by atoms with E-state index in [1.54, 1.807) is 49.4 Å². The molecule has 5 rings (SSSR count). The van der Waals surface area contributed by atoms with Gasteiger partial charge in [0.25, 0.3) is 11.5 Å². The Morgan fingerprint density at radius 1 is 1.00 bits per heavy atom. The first kappa shape index (κ1) is 27.5. The standard InChI is InChI=1S/C30H26ClN5O5/c1-18-25(28(37)32-16-19-9-5-3-6-10-19)27(35-30(39)34-18)20-13-14-22(23(15-20)40-2)41-24-17-33-36(29(38)26(24)31)21-11-7-4-8-12-21/h3-15,17,27H,16H2,1-2H3,(H,32,37)(H2,34,35,39). The molecule has 0 radical (unpaired) electrons. The smallest absolute Gasteiger partial charge is 0.319 e. The zero-order valence-electron chi connectivity index (χ0n) is 22.2. The van der Waals surface area contributed by atoms with Gasteiger partial charge >= 0.3 is 6.03 Å². The van der Waals surface area contributed by atoms with Gasteiger partial charge in [0, 0.05) is 12.2 Å². The maximum Gasteiger partial charge on any atom is 0.319 e. The normalized spacial score (nSPS) is 14.6. The summed E-state index contributed by atoms with van der Waals surface area (Å²) in [6.45, 7) is 2.00. The van der Waals surface area contributed by atoms with E-state index in [0.29, 0.717) is 34.8 Å². The summed E-state index contributed by atoms with van der Waals surface area (Å²) in [6.07, 6.45) is 1.35. The Bertz CT molecular complexity index is 1690. The van der Waals surface area contributed by atoms with Crippen LogP contribution in [0.5, 0.6) is 17.2 Å². The summed E-state index contributed by atoms with van der Waals surface area (Å²) < 4.78 is 12.7. The zero-order valence-corrected chi connectivity index (χ0v) is 22.9. The van der Waals surface area contributed by atoms with Crippen LogP contribution in [0.1, 0.15) is 24.1 Å². The molecule has 10 nitrogen and oxygen atoms in total. The second-order valence-corrected chi connectivity index (χ2v) is 9.50. The van der Waals surface area contributed by atoms with Crippen molar-refractivity contribution in [2.24, 2.45) is 0 Å². The van der Waals surface area contributed by atoms with Crippen LogP contribution in [0.4, 0.5) is 4.79 Å². The van der Waals surface area contributed by atoms with E-state index in [2.05, 4.69) is 21.0 Å². The predicted molar refractivity (Wildman–Crippen MR) is 153 cm³/mol. The van der Waals surface area contributed by atoms with Gasteiger partial charge in [-0.05, 0) is 42.3 Å². The van der Waals surface area contributed by atoms with Crippen molar-refractivity contribution < 1.29 is 19.1 Å². The van der Waals surface area contributed by atoms with Crippen molar-refractivity contribution in [2.75, 3.05) is 7.11 Å².